The SMILES string of the molecule is COc1ccc(N)c(Oc2cc(F)cc(F)c2)c1. The van der Waals surface area contributed by atoms with Gasteiger partial charge in [0.1, 0.15) is 23.1 Å². The van der Waals surface area contributed by atoms with Gasteiger partial charge in [-0.25, -0.2) is 8.78 Å². The van der Waals surface area contributed by atoms with Crippen LogP contribution in [-0.2, 0) is 0 Å². The monoisotopic (exact) mass is 251 g/mol. The van der Waals surface area contributed by atoms with Crippen LogP contribution < -0.4 is 15.2 Å². The van der Waals surface area contributed by atoms with Crippen molar-refractivity contribution in [1.82, 2.24) is 0 Å². The molecule has 0 unspecified atom stereocenters. The molecule has 0 amide bonds. The smallest absolute Gasteiger partial charge is 0.153 e. The molecule has 0 aliphatic heterocycles. The van der Waals surface area contributed by atoms with Crippen LogP contribution in [0.25, 0.3) is 0 Å². The van der Waals surface area contributed by atoms with Gasteiger partial charge in [0.2, 0.25) is 0 Å². The molecule has 0 saturated carbocycles. The van der Waals surface area contributed by atoms with Gasteiger partial charge < -0.3 is 15.2 Å². The minimum Gasteiger partial charge on any atom is -0.497 e. The number of nitrogen functional groups attached to an aromatic ring is 1. The molecular formula is C13H11F2NO2. The molecule has 2 aromatic carbocycles. The lowest BCUT2D eigenvalue weighted by molar-refractivity contribution is 0.409. The first-order valence-corrected chi connectivity index (χ1v) is 5.16. The predicted octanol–water partition coefficient (Wildman–Crippen LogP) is 3.35. The zero-order valence-corrected chi connectivity index (χ0v) is 9.61. The van der Waals surface area contributed by atoms with Crippen molar-refractivity contribution in [1.29, 1.82) is 0 Å². The van der Waals surface area contributed by atoms with E-state index in [1.54, 1.807) is 12.1 Å². The topological polar surface area (TPSA) is 44.5 Å². The normalized spacial score (nSPS) is 10.2. The Hall–Kier alpha value is -2.30. The van der Waals surface area contributed by atoms with E-state index in [9.17, 15) is 8.78 Å². The first-order valence-electron chi connectivity index (χ1n) is 5.16. The Morgan fingerprint density at radius 3 is 2.22 bits per heavy atom. The van der Waals surface area contributed by atoms with Crippen molar-refractivity contribution in [2.75, 3.05) is 12.8 Å². The highest BCUT2D eigenvalue weighted by Gasteiger charge is 2.07. The van der Waals surface area contributed by atoms with Gasteiger partial charge in [-0.2, -0.15) is 0 Å². The number of hydrogen-bond donors (Lipinski definition) is 1. The Morgan fingerprint density at radius 1 is 0.944 bits per heavy atom. The molecule has 18 heavy (non-hydrogen) atoms. The van der Waals surface area contributed by atoms with Crippen LogP contribution in [0.1, 0.15) is 0 Å². The van der Waals surface area contributed by atoms with Gasteiger partial charge in [-0.1, -0.05) is 0 Å². The largest absolute Gasteiger partial charge is 0.497 e. The van der Waals surface area contributed by atoms with Crippen molar-refractivity contribution >= 4 is 5.69 Å². The molecule has 2 N–H and O–H groups in total. The van der Waals surface area contributed by atoms with Crippen molar-refractivity contribution in [2.24, 2.45) is 0 Å². The lowest BCUT2D eigenvalue weighted by Gasteiger charge is -2.10. The van der Waals surface area contributed by atoms with Crippen LogP contribution in [0.4, 0.5) is 14.5 Å². The van der Waals surface area contributed by atoms with E-state index in [4.69, 9.17) is 15.2 Å². The number of benzene rings is 2. The summed E-state index contributed by atoms with van der Waals surface area (Å²) >= 11 is 0. The molecule has 0 aliphatic rings. The maximum absolute atomic E-state index is 13.0. The molecule has 2 rings (SSSR count). The second kappa shape index (κ2) is 4.91. The van der Waals surface area contributed by atoms with E-state index in [1.165, 1.54) is 13.2 Å². The molecule has 2 aromatic rings. The summed E-state index contributed by atoms with van der Waals surface area (Å²) in [5.41, 5.74) is 6.05. The summed E-state index contributed by atoms with van der Waals surface area (Å²) in [6.07, 6.45) is 0. The highest BCUT2D eigenvalue weighted by molar-refractivity contribution is 5.57. The van der Waals surface area contributed by atoms with Gasteiger partial charge in [-0.3, -0.25) is 0 Å². The van der Waals surface area contributed by atoms with Crippen molar-refractivity contribution in [3.8, 4) is 17.2 Å². The Balaban J connectivity index is 2.33. The van der Waals surface area contributed by atoms with E-state index in [0.29, 0.717) is 11.4 Å². The third-order valence-corrected chi connectivity index (χ3v) is 2.28. The molecule has 0 aliphatic carbocycles. The molecule has 5 heteroatoms. The molecular weight excluding hydrogens is 240 g/mol. The third kappa shape index (κ3) is 2.68. The number of methoxy groups -OCH3 is 1. The first kappa shape index (κ1) is 12.2. The van der Waals surface area contributed by atoms with Crippen molar-refractivity contribution < 1.29 is 18.3 Å². The summed E-state index contributed by atoms with van der Waals surface area (Å²) in [5.74, 6) is -0.583. The molecule has 0 saturated heterocycles. The molecule has 94 valence electrons. The van der Waals surface area contributed by atoms with Crippen molar-refractivity contribution in [3.05, 3.63) is 48.0 Å². The van der Waals surface area contributed by atoms with Crippen LogP contribution in [-0.4, -0.2) is 7.11 Å². The van der Waals surface area contributed by atoms with E-state index in [2.05, 4.69) is 0 Å². The molecule has 0 radical (unpaired) electrons. The van der Waals surface area contributed by atoms with Gasteiger partial charge in [0.15, 0.2) is 5.75 Å². The van der Waals surface area contributed by atoms with Crippen LogP contribution in [0.15, 0.2) is 36.4 Å². The van der Waals surface area contributed by atoms with Gasteiger partial charge in [-0.15, -0.1) is 0 Å². The second-order valence-corrected chi connectivity index (χ2v) is 3.61. The molecule has 0 atom stereocenters. The van der Waals surface area contributed by atoms with Gasteiger partial charge in [-0.05, 0) is 12.1 Å². The van der Waals surface area contributed by atoms with Crippen LogP contribution in [0, 0.1) is 11.6 Å². The summed E-state index contributed by atoms with van der Waals surface area (Å²) in [7, 11) is 1.50. The Kier molecular flexibility index (Phi) is 3.32. The number of rotatable bonds is 3. The maximum atomic E-state index is 13.0. The van der Waals surface area contributed by atoms with E-state index < -0.39 is 11.6 Å². The van der Waals surface area contributed by atoms with E-state index in [1.807, 2.05) is 0 Å². The van der Waals surface area contributed by atoms with Crippen molar-refractivity contribution in [3.63, 3.8) is 0 Å². The van der Waals surface area contributed by atoms with Gasteiger partial charge in [0, 0.05) is 24.3 Å². The Morgan fingerprint density at radius 2 is 1.61 bits per heavy atom. The molecule has 0 aromatic heterocycles. The fourth-order valence-corrected chi connectivity index (χ4v) is 1.44. The van der Waals surface area contributed by atoms with Crippen LogP contribution in [0.5, 0.6) is 17.2 Å². The number of nitrogens with two attached hydrogens (primary N) is 1. The van der Waals surface area contributed by atoms with E-state index in [-0.39, 0.29) is 11.5 Å². The van der Waals surface area contributed by atoms with Gasteiger partial charge >= 0.3 is 0 Å². The summed E-state index contributed by atoms with van der Waals surface area (Å²) in [5, 5.41) is 0. The van der Waals surface area contributed by atoms with Crippen LogP contribution in [0.3, 0.4) is 0 Å². The van der Waals surface area contributed by atoms with Gasteiger partial charge in [0.05, 0.1) is 12.8 Å². The lowest BCUT2D eigenvalue weighted by Crippen LogP contribution is -1.94. The van der Waals surface area contributed by atoms with Crippen LogP contribution >= 0.6 is 0 Å². The summed E-state index contributed by atoms with van der Waals surface area (Å²) in [6, 6.07) is 7.70. The summed E-state index contributed by atoms with van der Waals surface area (Å²) < 4.78 is 36.3. The highest BCUT2D eigenvalue weighted by Crippen LogP contribution is 2.31. The lowest BCUT2D eigenvalue weighted by atomic mass is 10.2. The molecule has 0 fully saturated rings. The number of halogens is 2. The zero-order chi connectivity index (χ0) is 13.1. The highest BCUT2D eigenvalue weighted by atomic mass is 19.1. The minimum absolute atomic E-state index is 0.0347. The quantitative estimate of drug-likeness (QED) is 0.851. The molecule has 3 nitrogen and oxygen atoms in total. The van der Waals surface area contributed by atoms with E-state index >= 15 is 0 Å². The number of hydrogen-bond acceptors (Lipinski definition) is 3. The molecule has 0 heterocycles. The standard InChI is InChI=1S/C13H11F2NO2/c1-17-10-2-3-12(16)13(7-10)18-11-5-8(14)4-9(15)6-11/h2-7H,16H2,1H3. The second-order valence-electron chi connectivity index (χ2n) is 3.61. The Labute approximate surface area is 103 Å². The molecule has 0 spiro atoms. The summed E-state index contributed by atoms with van der Waals surface area (Å²) in [6.45, 7) is 0. The fourth-order valence-electron chi connectivity index (χ4n) is 1.44. The average Bonchev–Trinajstić information content (AvgIpc) is 2.30. The number of anilines is 1. The molecule has 0 bridgehead atoms. The van der Waals surface area contributed by atoms with Gasteiger partial charge in [0.25, 0.3) is 0 Å². The minimum atomic E-state index is -0.716. The third-order valence-electron chi connectivity index (χ3n) is 2.28. The Bertz CT molecular complexity index is 553. The van der Waals surface area contributed by atoms with Crippen LogP contribution in [0.2, 0.25) is 0 Å². The summed E-state index contributed by atoms with van der Waals surface area (Å²) in [4.78, 5) is 0. The average molecular weight is 251 g/mol. The maximum Gasteiger partial charge on any atom is 0.153 e. The number of ether oxygens (including phenoxy) is 2. The zero-order valence-electron chi connectivity index (χ0n) is 9.61. The van der Waals surface area contributed by atoms with Crippen molar-refractivity contribution in [2.45, 2.75) is 0 Å². The first-order chi connectivity index (χ1) is 8.58. The predicted molar refractivity (Wildman–Crippen MR) is 63.8 cm³/mol. The fraction of sp³-hybridized carbons (Fsp3) is 0.0769. The van der Waals surface area contributed by atoms with E-state index in [0.717, 1.165) is 18.2 Å².